The molecule has 4 rings (SSSR count). The van der Waals surface area contributed by atoms with E-state index < -0.39 is 0 Å². The molecule has 4 heteroatoms. The predicted molar refractivity (Wildman–Crippen MR) is 134 cm³/mol. The lowest BCUT2D eigenvalue weighted by Crippen LogP contribution is -2.10. The van der Waals surface area contributed by atoms with E-state index in [1.165, 1.54) is 11.4 Å². The summed E-state index contributed by atoms with van der Waals surface area (Å²) in [7, 11) is 8.21. The van der Waals surface area contributed by atoms with Crippen LogP contribution in [0.4, 0.5) is 5.69 Å². The number of allylic oxidation sites excluding steroid dienone is 5. The van der Waals surface area contributed by atoms with Gasteiger partial charge in [0.15, 0.2) is 5.71 Å². The van der Waals surface area contributed by atoms with Gasteiger partial charge in [0.25, 0.3) is 0 Å². The van der Waals surface area contributed by atoms with E-state index in [1.54, 1.807) is 0 Å². The molecule has 0 saturated heterocycles. The molecule has 0 radical (unpaired) electrons. The molecule has 0 bridgehead atoms. The van der Waals surface area contributed by atoms with Crippen molar-refractivity contribution in [1.29, 1.82) is 0 Å². The number of halogens is 1. The normalized spacial score (nSPS) is 12.9. The van der Waals surface area contributed by atoms with Gasteiger partial charge in [0.1, 0.15) is 25.6 Å². The van der Waals surface area contributed by atoms with Crippen LogP contribution in [0.3, 0.4) is 0 Å². The van der Waals surface area contributed by atoms with E-state index in [2.05, 4.69) is 120 Å². The van der Waals surface area contributed by atoms with E-state index in [0.717, 1.165) is 38.3 Å². The topological polar surface area (TPSA) is 19.4 Å². The maximum atomic E-state index is 6.36. The summed E-state index contributed by atoms with van der Waals surface area (Å²) in [5.74, 6) is 1.71. The fourth-order valence-electron chi connectivity index (χ4n) is 3.55. The SMILES string of the molecule is CN(C)c1ccc(C(=C2C=CC(=[N+](C)C)C=C2)c2ccc(-c3ccc(Br)cc3)o2)cc1. The van der Waals surface area contributed by atoms with E-state index in [9.17, 15) is 0 Å². The smallest absolute Gasteiger partial charge is 0.199 e. The first kappa shape index (κ1) is 21.1. The third-order valence-corrected chi connectivity index (χ3v) is 5.85. The van der Waals surface area contributed by atoms with Gasteiger partial charge in [0.05, 0.1) is 0 Å². The summed E-state index contributed by atoms with van der Waals surface area (Å²) in [6, 6.07) is 20.9. The standard InChI is InChI=1S/C27H26BrN2O/c1-29(2)23-13-7-20(8-14-23)27(21-9-15-24(16-10-21)30(3)4)26-18-17-25(31-26)19-5-11-22(28)12-6-19/h5-18H,1-4H3/q+1. The van der Waals surface area contributed by atoms with Gasteiger partial charge in [0, 0.05) is 47.5 Å². The van der Waals surface area contributed by atoms with Crippen LogP contribution in [0.2, 0.25) is 0 Å². The van der Waals surface area contributed by atoms with Gasteiger partial charge in [-0.2, -0.15) is 0 Å². The first-order valence-electron chi connectivity index (χ1n) is 10.2. The first-order valence-corrected chi connectivity index (χ1v) is 11.0. The summed E-state index contributed by atoms with van der Waals surface area (Å²) in [6.45, 7) is 0. The monoisotopic (exact) mass is 473 g/mol. The summed E-state index contributed by atoms with van der Waals surface area (Å²) in [6.07, 6.45) is 8.60. The van der Waals surface area contributed by atoms with Crippen molar-refractivity contribution in [3.8, 4) is 11.3 Å². The maximum absolute atomic E-state index is 6.36. The second-order valence-corrected chi connectivity index (χ2v) is 8.84. The largest absolute Gasteiger partial charge is 0.456 e. The van der Waals surface area contributed by atoms with Gasteiger partial charge in [-0.05, 0) is 59.7 Å². The molecule has 2 aromatic carbocycles. The second-order valence-electron chi connectivity index (χ2n) is 7.93. The molecule has 1 aliphatic rings. The van der Waals surface area contributed by atoms with Gasteiger partial charge < -0.3 is 9.32 Å². The van der Waals surface area contributed by atoms with Crippen molar-refractivity contribution in [2.45, 2.75) is 0 Å². The van der Waals surface area contributed by atoms with Gasteiger partial charge >= 0.3 is 0 Å². The molecule has 156 valence electrons. The Bertz CT molecular complexity index is 1180. The molecular weight excluding hydrogens is 448 g/mol. The number of nitrogens with zero attached hydrogens (tertiary/aromatic N) is 2. The molecule has 0 spiro atoms. The van der Waals surface area contributed by atoms with Crippen molar-refractivity contribution < 1.29 is 8.99 Å². The molecule has 0 atom stereocenters. The minimum Gasteiger partial charge on any atom is -0.456 e. The van der Waals surface area contributed by atoms with Crippen LogP contribution < -0.4 is 4.90 Å². The number of furan rings is 1. The molecule has 1 aliphatic carbocycles. The molecule has 1 heterocycles. The highest BCUT2D eigenvalue weighted by Crippen LogP contribution is 2.34. The van der Waals surface area contributed by atoms with Crippen LogP contribution in [-0.4, -0.2) is 38.5 Å². The molecule has 31 heavy (non-hydrogen) atoms. The lowest BCUT2D eigenvalue weighted by Gasteiger charge is -2.15. The Balaban J connectivity index is 1.81. The number of hydrogen-bond donors (Lipinski definition) is 0. The Hall–Kier alpha value is -3.11. The molecule has 0 amide bonds. The summed E-state index contributed by atoms with van der Waals surface area (Å²) in [5, 5.41) is 0. The van der Waals surface area contributed by atoms with Gasteiger partial charge in [-0.3, -0.25) is 0 Å². The highest BCUT2D eigenvalue weighted by molar-refractivity contribution is 9.10. The van der Waals surface area contributed by atoms with Crippen LogP contribution in [0, 0.1) is 0 Å². The van der Waals surface area contributed by atoms with E-state index in [4.69, 9.17) is 4.42 Å². The van der Waals surface area contributed by atoms with E-state index in [0.29, 0.717) is 0 Å². The molecule has 1 aromatic heterocycles. The summed E-state index contributed by atoms with van der Waals surface area (Å²) in [5.41, 5.74) is 6.72. The lowest BCUT2D eigenvalue weighted by atomic mass is 9.94. The van der Waals surface area contributed by atoms with Crippen LogP contribution in [0.1, 0.15) is 11.3 Å². The van der Waals surface area contributed by atoms with Crippen molar-refractivity contribution in [1.82, 2.24) is 0 Å². The average Bonchev–Trinajstić information content (AvgIpc) is 3.25. The zero-order valence-corrected chi connectivity index (χ0v) is 19.8. The fourth-order valence-corrected chi connectivity index (χ4v) is 3.81. The van der Waals surface area contributed by atoms with Crippen molar-refractivity contribution in [2.24, 2.45) is 0 Å². The first-order chi connectivity index (χ1) is 14.9. The number of benzene rings is 2. The molecule has 0 fully saturated rings. The minimum atomic E-state index is 0.855. The predicted octanol–water partition coefficient (Wildman–Crippen LogP) is 6.42. The third-order valence-electron chi connectivity index (χ3n) is 5.33. The van der Waals surface area contributed by atoms with E-state index in [1.807, 2.05) is 18.2 Å². The summed E-state index contributed by atoms with van der Waals surface area (Å²) >= 11 is 3.50. The zero-order valence-electron chi connectivity index (χ0n) is 18.3. The summed E-state index contributed by atoms with van der Waals surface area (Å²) in [4.78, 5) is 2.11. The number of hydrogen-bond acceptors (Lipinski definition) is 2. The van der Waals surface area contributed by atoms with E-state index in [-0.39, 0.29) is 0 Å². The molecule has 0 saturated carbocycles. The number of rotatable bonds is 4. The Labute approximate surface area is 192 Å². The highest BCUT2D eigenvalue weighted by atomic mass is 79.9. The maximum Gasteiger partial charge on any atom is 0.199 e. The quantitative estimate of drug-likeness (QED) is 0.407. The van der Waals surface area contributed by atoms with Crippen LogP contribution in [0.5, 0.6) is 0 Å². The van der Waals surface area contributed by atoms with Crippen molar-refractivity contribution in [2.75, 3.05) is 33.1 Å². The van der Waals surface area contributed by atoms with Crippen molar-refractivity contribution in [3.63, 3.8) is 0 Å². The van der Waals surface area contributed by atoms with Crippen molar-refractivity contribution >= 4 is 32.9 Å². The molecule has 0 aliphatic heterocycles. The Kier molecular flexibility index (Phi) is 6.10. The van der Waals surface area contributed by atoms with Crippen LogP contribution in [0.25, 0.3) is 16.9 Å². The molecular formula is C27H26BrN2O+. The Morgan fingerprint density at radius 3 is 2.03 bits per heavy atom. The fraction of sp³-hybridized carbons (Fsp3) is 0.148. The van der Waals surface area contributed by atoms with E-state index >= 15 is 0 Å². The zero-order chi connectivity index (χ0) is 22.0. The van der Waals surface area contributed by atoms with Crippen molar-refractivity contribution in [3.05, 3.63) is 106 Å². The third kappa shape index (κ3) is 4.64. The Morgan fingerprint density at radius 2 is 1.45 bits per heavy atom. The summed E-state index contributed by atoms with van der Waals surface area (Å²) < 4.78 is 9.52. The molecule has 0 unspecified atom stereocenters. The average molecular weight is 474 g/mol. The van der Waals surface area contributed by atoms with Gasteiger partial charge in [0.2, 0.25) is 0 Å². The minimum absolute atomic E-state index is 0.855. The highest BCUT2D eigenvalue weighted by Gasteiger charge is 2.17. The van der Waals surface area contributed by atoms with Gasteiger partial charge in [-0.25, -0.2) is 4.58 Å². The molecule has 3 aromatic rings. The van der Waals surface area contributed by atoms with Crippen LogP contribution in [-0.2, 0) is 0 Å². The van der Waals surface area contributed by atoms with Gasteiger partial charge in [-0.1, -0.05) is 40.2 Å². The lowest BCUT2D eigenvalue weighted by molar-refractivity contribution is -0.462. The van der Waals surface area contributed by atoms with Gasteiger partial charge in [-0.15, -0.1) is 0 Å². The Morgan fingerprint density at radius 1 is 0.806 bits per heavy atom. The van der Waals surface area contributed by atoms with Crippen LogP contribution >= 0.6 is 15.9 Å². The molecule has 0 N–H and O–H groups in total. The van der Waals surface area contributed by atoms with Crippen LogP contribution in [0.15, 0.2) is 99.4 Å². The second kappa shape index (κ2) is 8.94. The molecule has 3 nitrogen and oxygen atoms in total. The number of anilines is 1.